The van der Waals surface area contributed by atoms with E-state index in [2.05, 4.69) is 16.0 Å². The molecule has 27 heavy (non-hydrogen) atoms. The minimum Gasteiger partial charge on any atom is -0.483 e. The number of para-hydroxylation sites is 1. The van der Waals surface area contributed by atoms with Gasteiger partial charge in [-0.25, -0.2) is 8.42 Å². The highest BCUT2D eigenvalue weighted by Crippen LogP contribution is 2.39. The minimum absolute atomic E-state index is 0.131. The molecule has 0 N–H and O–H groups in total. The molecular formula is C20H25N3O3S. The van der Waals surface area contributed by atoms with Crippen LogP contribution in [0.1, 0.15) is 25.8 Å². The molecule has 6 nitrogen and oxygen atoms in total. The van der Waals surface area contributed by atoms with Crippen molar-refractivity contribution in [1.29, 1.82) is 0 Å². The summed E-state index contributed by atoms with van der Waals surface area (Å²) in [5, 5.41) is 0. The molecule has 1 unspecified atom stereocenters. The zero-order chi connectivity index (χ0) is 19.1. The lowest BCUT2D eigenvalue weighted by Gasteiger charge is -2.33. The number of hydrogen-bond acceptors (Lipinski definition) is 5. The SMILES string of the molecule is CC(C)N1CC2(CCN(Cc3cccnc3)C2)Oc2ccccc2S1(=O)=O. The molecule has 0 bridgehead atoms. The van der Waals surface area contributed by atoms with Crippen LogP contribution >= 0.6 is 0 Å². The Balaban J connectivity index is 1.66. The standard InChI is InChI=1S/C20H25N3O3S/c1-16(2)23-15-20(26-18-7-3-4-8-19(18)27(23,24)25)9-11-22(14-20)13-17-6-5-10-21-12-17/h3-8,10,12,16H,9,11,13-15H2,1-2H3. The Bertz CT molecular complexity index is 917. The summed E-state index contributed by atoms with van der Waals surface area (Å²) in [6, 6.07) is 10.9. The van der Waals surface area contributed by atoms with Crippen molar-refractivity contribution < 1.29 is 13.2 Å². The van der Waals surface area contributed by atoms with Crippen LogP contribution in [-0.4, -0.2) is 53.9 Å². The number of likely N-dealkylation sites (tertiary alicyclic amines) is 1. The van der Waals surface area contributed by atoms with E-state index in [1.807, 2.05) is 32.2 Å². The Hall–Kier alpha value is -1.96. The third-order valence-electron chi connectivity index (χ3n) is 5.31. The van der Waals surface area contributed by atoms with Gasteiger partial charge in [0.2, 0.25) is 10.0 Å². The predicted molar refractivity (Wildman–Crippen MR) is 103 cm³/mol. The Kier molecular flexibility index (Phi) is 4.70. The molecule has 4 rings (SSSR count). The summed E-state index contributed by atoms with van der Waals surface area (Å²) < 4.78 is 34.4. The Labute approximate surface area is 160 Å². The first kappa shape index (κ1) is 18.4. The van der Waals surface area contributed by atoms with Gasteiger partial charge in [-0.15, -0.1) is 0 Å². The molecule has 1 atom stereocenters. The summed E-state index contributed by atoms with van der Waals surface area (Å²) >= 11 is 0. The van der Waals surface area contributed by atoms with Crippen molar-refractivity contribution in [2.45, 2.75) is 43.4 Å². The Morgan fingerprint density at radius 2 is 2.00 bits per heavy atom. The fraction of sp³-hybridized carbons (Fsp3) is 0.450. The van der Waals surface area contributed by atoms with Crippen LogP contribution in [0.5, 0.6) is 5.75 Å². The normalized spacial score (nSPS) is 25.3. The van der Waals surface area contributed by atoms with E-state index < -0.39 is 15.6 Å². The van der Waals surface area contributed by atoms with Gasteiger partial charge in [0.15, 0.2) is 0 Å². The third kappa shape index (κ3) is 3.47. The highest BCUT2D eigenvalue weighted by Gasteiger charge is 2.48. The second-order valence-corrected chi connectivity index (χ2v) is 9.56. The second-order valence-electron chi connectivity index (χ2n) is 7.70. The van der Waals surface area contributed by atoms with E-state index in [9.17, 15) is 8.42 Å². The van der Waals surface area contributed by atoms with Gasteiger partial charge in [0.05, 0.1) is 6.54 Å². The average molecular weight is 388 g/mol. The molecule has 1 aromatic carbocycles. The molecule has 1 fully saturated rings. The molecule has 0 saturated carbocycles. The Morgan fingerprint density at radius 3 is 2.74 bits per heavy atom. The first-order valence-electron chi connectivity index (χ1n) is 9.31. The summed E-state index contributed by atoms with van der Waals surface area (Å²) in [4.78, 5) is 6.76. The quantitative estimate of drug-likeness (QED) is 0.810. The van der Waals surface area contributed by atoms with Crippen LogP contribution in [0.3, 0.4) is 0 Å². The first-order valence-corrected chi connectivity index (χ1v) is 10.7. The maximum absolute atomic E-state index is 13.2. The number of ether oxygens (including phenoxy) is 1. The molecule has 1 spiro atoms. The fourth-order valence-corrected chi connectivity index (χ4v) is 5.82. The van der Waals surface area contributed by atoms with Crippen molar-refractivity contribution in [3.8, 4) is 5.75 Å². The number of sulfonamides is 1. The zero-order valence-corrected chi connectivity index (χ0v) is 16.5. The van der Waals surface area contributed by atoms with Crippen molar-refractivity contribution >= 4 is 10.0 Å². The fourth-order valence-electron chi connectivity index (χ4n) is 3.99. The molecule has 2 aromatic rings. The van der Waals surface area contributed by atoms with Gasteiger partial charge in [-0.05, 0) is 37.6 Å². The van der Waals surface area contributed by atoms with E-state index >= 15 is 0 Å². The molecule has 1 aromatic heterocycles. The van der Waals surface area contributed by atoms with Crippen LogP contribution in [0.15, 0.2) is 53.7 Å². The highest BCUT2D eigenvalue weighted by atomic mass is 32.2. The van der Waals surface area contributed by atoms with E-state index in [1.54, 1.807) is 28.7 Å². The van der Waals surface area contributed by atoms with Gasteiger partial charge < -0.3 is 4.74 Å². The molecule has 1 saturated heterocycles. The molecular weight excluding hydrogens is 362 g/mol. The van der Waals surface area contributed by atoms with Gasteiger partial charge in [-0.1, -0.05) is 18.2 Å². The summed E-state index contributed by atoms with van der Waals surface area (Å²) in [6.45, 7) is 6.54. The highest BCUT2D eigenvalue weighted by molar-refractivity contribution is 7.89. The largest absolute Gasteiger partial charge is 0.483 e. The topological polar surface area (TPSA) is 62.7 Å². The third-order valence-corrected chi connectivity index (χ3v) is 7.37. The number of nitrogens with zero attached hydrogens (tertiary/aromatic N) is 3. The molecule has 144 valence electrons. The molecule has 0 radical (unpaired) electrons. The van der Waals surface area contributed by atoms with Gasteiger partial charge in [0, 0.05) is 44.5 Å². The lowest BCUT2D eigenvalue weighted by molar-refractivity contribution is 0.0532. The molecule has 2 aliphatic heterocycles. The lowest BCUT2D eigenvalue weighted by Crippen LogP contribution is -2.51. The van der Waals surface area contributed by atoms with E-state index in [4.69, 9.17) is 4.74 Å². The predicted octanol–water partition coefficient (Wildman–Crippen LogP) is 2.52. The van der Waals surface area contributed by atoms with Crippen molar-refractivity contribution in [1.82, 2.24) is 14.2 Å². The van der Waals surface area contributed by atoms with Crippen molar-refractivity contribution in [3.63, 3.8) is 0 Å². The van der Waals surface area contributed by atoms with Crippen LogP contribution in [0.4, 0.5) is 0 Å². The van der Waals surface area contributed by atoms with Crippen LogP contribution in [-0.2, 0) is 16.6 Å². The van der Waals surface area contributed by atoms with Crippen LogP contribution in [0.2, 0.25) is 0 Å². The van der Waals surface area contributed by atoms with Crippen molar-refractivity contribution in [2.75, 3.05) is 19.6 Å². The van der Waals surface area contributed by atoms with Crippen LogP contribution in [0, 0.1) is 0 Å². The summed E-state index contributed by atoms with van der Waals surface area (Å²) in [7, 11) is -3.58. The number of aromatic nitrogens is 1. The van der Waals surface area contributed by atoms with Crippen LogP contribution in [0.25, 0.3) is 0 Å². The zero-order valence-electron chi connectivity index (χ0n) is 15.7. The Morgan fingerprint density at radius 1 is 1.19 bits per heavy atom. The number of rotatable bonds is 3. The van der Waals surface area contributed by atoms with E-state index in [1.165, 1.54) is 0 Å². The second kappa shape index (κ2) is 6.89. The summed E-state index contributed by atoms with van der Waals surface area (Å²) in [5.74, 6) is 0.462. The molecule has 2 aliphatic rings. The van der Waals surface area contributed by atoms with E-state index in [0.717, 1.165) is 25.1 Å². The minimum atomic E-state index is -3.58. The van der Waals surface area contributed by atoms with Gasteiger partial charge in [0.25, 0.3) is 0 Å². The molecule has 3 heterocycles. The van der Waals surface area contributed by atoms with E-state index in [0.29, 0.717) is 18.8 Å². The number of fused-ring (bicyclic) bond motifs is 1. The van der Waals surface area contributed by atoms with Crippen LogP contribution < -0.4 is 4.74 Å². The number of benzene rings is 1. The van der Waals surface area contributed by atoms with Gasteiger partial charge in [0.1, 0.15) is 16.2 Å². The van der Waals surface area contributed by atoms with Gasteiger partial charge in [-0.3, -0.25) is 9.88 Å². The maximum atomic E-state index is 13.2. The van der Waals surface area contributed by atoms with E-state index in [-0.39, 0.29) is 10.9 Å². The number of hydrogen-bond donors (Lipinski definition) is 0. The lowest BCUT2D eigenvalue weighted by atomic mass is 10.0. The van der Waals surface area contributed by atoms with Crippen molar-refractivity contribution in [2.24, 2.45) is 0 Å². The molecule has 0 amide bonds. The number of pyridine rings is 1. The van der Waals surface area contributed by atoms with Crippen molar-refractivity contribution in [3.05, 3.63) is 54.4 Å². The first-order chi connectivity index (χ1) is 12.9. The summed E-state index contributed by atoms with van der Waals surface area (Å²) in [6.07, 6.45) is 4.44. The van der Waals surface area contributed by atoms with Gasteiger partial charge in [-0.2, -0.15) is 4.31 Å². The van der Waals surface area contributed by atoms with Gasteiger partial charge >= 0.3 is 0 Å². The monoisotopic (exact) mass is 387 g/mol. The maximum Gasteiger partial charge on any atom is 0.247 e. The average Bonchev–Trinajstić information content (AvgIpc) is 2.98. The molecule has 7 heteroatoms. The summed E-state index contributed by atoms with van der Waals surface area (Å²) in [5.41, 5.74) is 0.614. The molecule has 0 aliphatic carbocycles. The smallest absolute Gasteiger partial charge is 0.247 e.